The quantitative estimate of drug-likeness (QED) is 0.673. The molecular weight excluding hydrogens is 341 g/mol. The molecule has 25 heavy (non-hydrogen) atoms. The lowest BCUT2D eigenvalue weighted by molar-refractivity contribution is -0.116. The number of fused-ring (bicyclic) bond motifs is 1. The summed E-state index contributed by atoms with van der Waals surface area (Å²) in [5.74, 6) is -0.252. The maximum Gasteiger partial charge on any atom is 0.237 e. The predicted octanol–water partition coefficient (Wildman–Crippen LogP) is 2.48. The van der Waals surface area contributed by atoms with Gasteiger partial charge in [-0.15, -0.1) is 5.10 Å². The molecule has 0 N–H and O–H groups in total. The first-order chi connectivity index (χ1) is 12.2. The van der Waals surface area contributed by atoms with Gasteiger partial charge in [-0.2, -0.15) is 4.68 Å². The first kappa shape index (κ1) is 15.8. The summed E-state index contributed by atoms with van der Waals surface area (Å²) in [7, 11) is 0. The van der Waals surface area contributed by atoms with Gasteiger partial charge in [0.2, 0.25) is 11.1 Å². The molecule has 0 unspecified atom stereocenters. The molecule has 1 amide bonds. The summed E-state index contributed by atoms with van der Waals surface area (Å²) in [4.78, 5) is 14.3. The van der Waals surface area contributed by atoms with E-state index in [9.17, 15) is 9.18 Å². The van der Waals surface area contributed by atoms with Crippen molar-refractivity contribution in [1.29, 1.82) is 0 Å². The molecule has 4 rings (SSSR count). The summed E-state index contributed by atoms with van der Waals surface area (Å²) in [5, 5.41) is 11.7. The second-order valence-corrected chi connectivity index (χ2v) is 6.48. The van der Waals surface area contributed by atoms with E-state index < -0.39 is 5.82 Å². The average Bonchev–Trinajstić information content (AvgIpc) is 3.27. The first-order valence-corrected chi connectivity index (χ1v) is 8.77. The number of halogens is 1. The highest BCUT2D eigenvalue weighted by molar-refractivity contribution is 7.99. The van der Waals surface area contributed by atoms with Gasteiger partial charge in [0.25, 0.3) is 0 Å². The van der Waals surface area contributed by atoms with Crippen LogP contribution >= 0.6 is 11.8 Å². The third-order valence-corrected chi connectivity index (χ3v) is 4.94. The number of rotatable bonds is 4. The topological polar surface area (TPSA) is 63.9 Å². The number of hydrogen-bond donors (Lipinski definition) is 0. The lowest BCUT2D eigenvalue weighted by Gasteiger charge is -2.16. The van der Waals surface area contributed by atoms with Crippen LogP contribution in [0.15, 0.2) is 53.7 Å². The summed E-state index contributed by atoms with van der Waals surface area (Å²) >= 11 is 1.20. The molecule has 0 fully saturated rings. The average molecular weight is 355 g/mol. The molecule has 0 atom stereocenters. The Bertz CT molecular complexity index is 929. The Kier molecular flexibility index (Phi) is 4.19. The van der Waals surface area contributed by atoms with E-state index in [4.69, 9.17) is 0 Å². The number of carbonyl (C=O) groups is 1. The lowest BCUT2D eigenvalue weighted by Crippen LogP contribution is -2.30. The van der Waals surface area contributed by atoms with Crippen molar-refractivity contribution in [2.45, 2.75) is 11.6 Å². The van der Waals surface area contributed by atoms with Crippen LogP contribution in [0.2, 0.25) is 0 Å². The fourth-order valence-corrected chi connectivity index (χ4v) is 3.60. The normalized spacial score (nSPS) is 13.1. The van der Waals surface area contributed by atoms with E-state index in [0.29, 0.717) is 11.7 Å². The maximum absolute atomic E-state index is 13.9. The van der Waals surface area contributed by atoms with Crippen LogP contribution in [0.1, 0.15) is 5.56 Å². The molecule has 0 spiro atoms. The number of thioether (sulfide) groups is 1. The smallest absolute Gasteiger partial charge is 0.237 e. The number of hydrogen-bond acceptors (Lipinski definition) is 5. The zero-order chi connectivity index (χ0) is 17.2. The molecule has 0 saturated carbocycles. The highest BCUT2D eigenvalue weighted by Crippen LogP contribution is 2.29. The number of amides is 1. The molecule has 2 heterocycles. The Balaban J connectivity index is 1.49. The summed E-state index contributed by atoms with van der Waals surface area (Å²) < 4.78 is 15.3. The lowest BCUT2D eigenvalue weighted by atomic mass is 10.2. The minimum absolute atomic E-state index is 0.0157. The van der Waals surface area contributed by atoms with Crippen LogP contribution in [0.3, 0.4) is 0 Å². The zero-order valence-corrected chi connectivity index (χ0v) is 14.0. The van der Waals surface area contributed by atoms with Crippen LogP contribution in [-0.2, 0) is 11.2 Å². The second-order valence-electron chi connectivity index (χ2n) is 5.54. The Morgan fingerprint density at radius 1 is 1.12 bits per heavy atom. The molecule has 1 aliphatic rings. The van der Waals surface area contributed by atoms with Crippen molar-refractivity contribution in [3.63, 3.8) is 0 Å². The van der Waals surface area contributed by atoms with Crippen molar-refractivity contribution >= 4 is 23.4 Å². The van der Waals surface area contributed by atoms with Crippen LogP contribution in [-0.4, -0.2) is 38.4 Å². The van der Waals surface area contributed by atoms with E-state index in [1.54, 1.807) is 23.1 Å². The van der Waals surface area contributed by atoms with Crippen LogP contribution in [0, 0.1) is 5.82 Å². The number of nitrogens with zero attached hydrogens (tertiary/aromatic N) is 5. The van der Waals surface area contributed by atoms with Crippen LogP contribution < -0.4 is 4.90 Å². The number of carbonyl (C=O) groups excluding carboxylic acids is 1. The number of para-hydroxylation sites is 2. The Morgan fingerprint density at radius 2 is 1.88 bits per heavy atom. The number of tetrazole rings is 1. The van der Waals surface area contributed by atoms with Crippen LogP contribution in [0.4, 0.5) is 10.1 Å². The third-order valence-electron chi connectivity index (χ3n) is 4.03. The molecule has 126 valence electrons. The van der Waals surface area contributed by atoms with Crippen molar-refractivity contribution in [1.82, 2.24) is 20.2 Å². The zero-order valence-electron chi connectivity index (χ0n) is 13.2. The highest BCUT2D eigenvalue weighted by atomic mass is 32.2. The van der Waals surface area contributed by atoms with Crippen molar-refractivity contribution < 1.29 is 9.18 Å². The summed E-state index contributed by atoms with van der Waals surface area (Å²) in [5.41, 5.74) is 2.40. The summed E-state index contributed by atoms with van der Waals surface area (Å²) in [6.07, 6.45) is 0.861. The van der Waals surface area contributed by atoms with E-state index in [-0.39, 0.29) is 17.3 Å². The molecular formula is C17H14FN5OS. The van der Waals surface area contributed by atoms with Crippen molar-refractivity contribution in [2.24, 2.45) is 0 Å². The highest BCUT2D eigenvalue weighted by Gasteiger charge is 2.24. The molecule has 8 heteroatoms. The molecule has 2 aromatic carbocycles. The predicted molar refractivity (Wildman–Crippen MR) is 92.3 cm³/mol. The Morgan fingerprint density at radius 3 is 2.72 bits per heavy atom. The van der Waals surface area contributed by atoms with E-state index in [0.717, 1.165) is 12.1 Å². The van der Waals surface area contributed by atoms with Gasteiger partial charge >= 0.3 is 0 Å². The molecule has 3 aromatic rings. The van der Waals surface area contributed by atoms with Crippen molar-refractivity contribution in [2.75, 3.05) is 17.2 Å². The molecule has 1 aliphatic heterocycles. The van der Waals surface area contributed by atoms with Gasteiger partial charge in [-0.25, -0.2) is 4.39 Å². The molecule has 0 radical (unpaired) electrons. The van der Waals surface area contributed by atoms with Gasteiger partial charge in [-0.1, -0.05) is 42.1 Å². The van der Waals surface area contributed by atoms with E-state index in [1.165, 1.54) is 28.1 Å². The standard InChI is InChI=1S/C17H14FN5OS/c18-13-6-2-4-8-15(13)23-17(19-20-21-23)25-11-16(24)22-10-9-12-5-1-3-7-14(12)22/h1-8H,9-11H2. The monoisotopic (exact) mass is 355 g/mol. The molecule has 0 aliphatic carbocycles. The fraction of sp³-hybridized carbons (Fsp3) is 0.176. The van der Waals surface area contributed by atoms with Gasteiger partial charge in [0.05, 0.1) is 5.75 Å². The Labute approximate surface area is 147 Å². The van der Waals surface area contributed by atoms with Gasteiger partial charge in [-0.05, 0) is 40.6 Å². The first-order valence-electron chi connectivity index (χ1n) is 7.78. The molecule has 1 aromatic heterocycles. The second kappa shape index (κ2) is 6.64. The van der Waals surface area contributed by atoms with Gasteiger partial charge < -0.3 is 4.90 Å². The Hall–Kier alpha value is -2.74. The van der Waals surface area contributed by atoms with Crippen molar-refractivity contribution in [3.8, 4) is 5.69 Å². The van der Waals surface area contributed by atoms with Gasteiger partial charge in [0.1, 0.15) is 11.5 Å². The minimum atomic E-state index is -0.420. The summed E-state index contributed by atoms with van der Waals surface area (Å²) in [6.45, 7) is 0.678. The summed E-state index contributed by atoms with van der Waals surface area (Å²) in [6, 6.07) is 14.1. The largest absolute Gasteiger partial charge is 0.311 e. The van der Waals surface area contributed by atoms with E-state index >= 15 is 0 Å². The maximum atomic E-state index is 13.9. The van der Waals surface area contributed by atoms with Gasteiger partial charge in [0.15, 0.2) is 0 Å². The minimum Gasteiger partial charge on any atom is -0.311 e. The van der Waals surface area contributed by atoms with Crippen molar-refractivity contribution in [3.05, 3.63) is 59.9 Å². The third kappa shape index (κ3) is 3.00. The number of anilines is 1. The number of aromatic nitrogens is 4. The van der Waals surface area contributed by atoms with E-state index in [2.05, 4.69) is 15.5 Å². The number of benzene rings is 2. The van der Waals surface area contributed by atoms with Gasteiger partial charge in [-0.3, -0.25) is 4.79 Å². The van der Waals surface area contributed by atoms with Crippen LogP contribution in [0.5, 0.6) is 0 Å². The SMILES string of the molecule is O=C(CSc1nnnn1-c1ccccc1F)N1CCc2ccccc21. The fourth-order valence-electron chi connectivity index (χ4n) is 2.85. The molecule has 6 nitrogen and oxygen atoms in total. The van der Waals surface area contributed by atoms with Crippen LogP contribution in [0.25, 0.3) is 5.69 Å². The molecule has 0 bridgehead atoms. The van der Waals surface area contributed by atoms with E-state index in [1.807, 2.05) is 24.3 Å². The molecule has 0 saturated heterocycles. The van der Waals surface area contributed by atoms with Gasteiger partial charge in [0, 0.05) is 12.2 Å².